The Balaban J connectivity index is 2.13. The number of hydrogen-bond donors (Lipinski definition) is 1. The van der Waals surface area contributed by atoms with E-state index in [4.69, 9.17) is 5.73 Å². The lowest BCUT2D eigenvalue weighted by molar-refractivity contribution is 0.394. The SMILES string of the molecule is CC1CCCC(Sc2c(N)c(C(C)C)nn2C)C1. The number of nitrogens with zero attached hydrogens (tertiary/aromatic N) is 2. The van der Waals surface area contributed by atoms with Gasteiger partial charge >= 0.3 is 0 Å². The monoisotopic (exact) mass is 267 g/mol. The third kappa shape index (κ3) is 2.85. The molecule has 0 radical (unpaired) electrons. The van der Waals surface area contributed by atoms with Crippen LogP contribution in [0.2, 0.25) is 0 Å². The van der Waals surface area contributed by atoms with Crippen molar-refractivity contribution in [2.45, 2.75) is 62.6 Å². The standard InChI is InChI=1S/C14H25N3S/c1-9(2)13-12(15)14(17(4)16-13)18-11-7-5-6-10(3)8-11/h9-11H,5-8,15H2,1-4H3. The Morgan fingerprint density at radius 2 is 2.11 bits per heavy atom. The molecule has 0 aliphatic heterocycles. The van der Waals surface area contributed by atoms with Gasteiger partial charge in [0, 0.05) is 12.3 Å². The van der Waals surface area contributed by atoms with Crippen molar-refractivity contribution in [2.75, 3.05) is 5.73 Å². The molecule has 1 aliphatic rings. The summed E-state index contributed by atoms with van der Waals surface area (Å²) < 4.78 is 1.97. The Morgan fingerprint density at radius 1 is 1.39 bits per heavy atom. The van der Waals surface area contributed by atoms with Gasteiger partial charge in [-0.15, -0.1) is 11.8 Å². The fraction of sp³-hybridized carbons (Fsp3) is 0.786. The van der Waals surface area contributed by atoms with Crippen LogP contribution in [0.1, 0.15) is 58.1 Å². The van der Waals surface area contributed by atoms with E-state index in [0.29, 0.717) is 11.2 Å². The molecular weight excluding hydrogens is 242 g/mol. The van der Waals surface area contributed by atoms with Crippen LogP contribution in [0.3, 0.4) is 0 Å². The number of aromatic nitrogens is 2. The largest absolute Gasteiger partial charge is 0.395 e. The van der Waals surface area contributed by atoms with Crippen molar-refractivity contribution in [3.05, 3.63) is 5.69 Å². The molecule has 1 fully saturated rings. The fourth-order valence-corrected chi connectivity index (χ4v) is 4.20. The van der Waals surface area contributed by atoms with Crippen molar-refractivity contribution < 1.29 is 0 Å². The second kappa shape index (κ2) is 5.55. The normalized spacial score (nSPS) is 24.7. The first-order valence-corrected chi connectivity index (χ1v) is 7.86. The summed E-state index contributed by atoms with van der Waals surface area (Å²) in [6.07, 6.45) is 5.37. The average molecular weight is 267 g/mol. The van der Waals surface area contributed by atoms with Crippen LogP contribution in [0, 0.1) is 5.92 Å². The summed E-state index contributed by atoms with van der Waals surface area (Å²) >= 11 is 1.94. The fourth-order valence-electron chi connectivity index (χ4n) is 2.75. The van der Waals surface area contributed by atoms with Gasteiger partial charge in [-0.25, -0.2) is 0 Å². The van der Waals surface area contributed by atoms with E-state index in [1.165, 1.54) is 25.7 Å². The Morgan fingerprint density at radius 3 is 2.67 bits per heavy atom. The van der Waals surface area contributed by atoms with Gasteiger partial charge in [-0.2, -0.15) is 5.10 Å². The van der Waals surface area contributed by atoms with E-state index in [0.717, 1.165) is 22.3 Å². The van der Waals surface area contributed by atoms with Crippen LogP contribution in [0.25, 0.3) is 0 Å². The van der Waals surface area contributed by atoms with Crippen molar-refractivity contribution in [1.29, 1.82) is 0 Å². The van der Waals surface area contributed by atoms with Gasteiger partial charge in [0.15, 0.2) is 0 Å². The molecule has 1 saturated carbocycles. The predicted molar refractivity (Wildman–Crippen MR) is 79.0 cm³/mol. The third-order valence-corrected chi connectivity index (χ3v) is 5.24. The van der Waals surface area contributed by atoms with Gasteiger partial charge in [-0.1, -0.05) is 33.6 Å². The lowest BCUT2D eigenvalue weighted by Crippen LogP contribution is -2.15. The minimum Gasteiger partial charge on any atom is -0.395 e. The van der Waals surface area contributed by atoms with Crippen molar-refractivity contribution in [2.24, 2.45) is 13.0 Å². The molecule has 0 saturated heterocycles. The van der Waals surface area contributed by atoms with E-state index in [9.17, 15) is 0 Å². The summed E-state index contributed by atoms with van der Waals surface area (Å²) in [4.78, 5) is 0. The highest BCUT2D eigenvalue weighted by molar-refractivity contribution is 8.00. The maximum absolute atomic E-state index is 6.25. The topological polar surface area (TPSA) is 43.8 Å². The molecule has 0 aromatic carbocycles. The van der Waals surface area contributed by atoms with Crippen LogP contribution in [0.15, 0.2) is 5.03 Å². The van der Waals surface area contributed by atoms with Crippen molar-refractivity contribution >= 4 is 17.4 Å². The summed E-state index contributed by atoms with van der Waals surface area (Å²) in [5.74, 6) is 1.26. The number of hydrogen-bond acceptors (Lipinski definition) is 3. The second-order valence-corrected chi connectivity index (χ2v) is 7.18. The lowest BCUT2D eigenvalue weighted by atomic mass is 9.91. The molecule has 2 atom stereocenters. The molecule has 0 bridgehead atoms. The van der Waals surface area contributed by atoms with E-state index >= 15 is 0 Å². The number of nitrogens with two attached hydrogens (primary N) is 1. The number of aryl methyl sites for hydroxylation is 1. The number of rotatable bonds is 3. The van der Waals surface area contributed by atoms with Gasteiger partial charge < -0.3 is 5.73 Å². The number of thioether (sulfide) groups is 1. The van der Waals surface area contributed by atoms with Gasteiger partial charge in [0.25, 0.3) is 0 Å². The third-order valence-electron chi connectivity index (χ3n) is 3.77. The maximum atomic E-state index is 6.25. The van der Waals surface area contributed by atoms with Gasteiger partial charge in [-0.3, -0.25) is 4.68 Å². The Labute approximate surface area is 115 Å². The molecule has 102 valence electrons. The molecule has 3 nitrogen and oxygen atoms in total. The van der Waals surface area contributed by atoms with E-state index in [-0.39, 0.29) is 0 Å². The smallest absolute Gasteiger partial charge is 0.117 e. The second-order valence-electron chi connectivity index (χ2n) is 5.89. The van der Waals surface area contributed by atoms with Gasteiger partial charge in [0.2, 0.25) is 0 Å². The highest BCUT2D eigenvalue weighted by Crippen LogP contribution is 2.39. The zero-order chi connectivity index (χ0) is 13.3. The van der Waals surface area contributed by atoms with E-state index in [1.807, 2.05) is 23.5 Å². The van der Waals surface area contributed by atoms with Crippen LogP contribution < -0.4 is 5.73 Å². The van der Waals surface area contributed by atoms with E-state index in [2.05, 4.69) is 25.9 Å². The highest BCUT2D eigenvalue weighted by Gasteiger charge is 2.24. The van der Waals surface area contributed by atoms with Crippen molar-refractivity contribution in [3.63, 3.8) is 0 Å². The Kier molecular flexibility index (Phi) is 4.25. The maximum Gasteiger partial charge on any atom is 0.117 e. The molecule has 1 heterocycles. The van der Waals surface area contributed by atoms with E-state index < -0.39 is 0 Å². The quantitative estimate of drug-likeness (QED) is 0.906. The Hall–Kier alpha value is -0.640. The number of nitrogen functional groups attached to an aromatic ring is 1. The average Bonchev–Trinajstić information content (AvgIpc) is 2.57. The molecule has 2 rings (SSSR count). The summed E-state index contributed by atoms with van der Waals surface area (Å²) in [6, 6.07) is 0. The van der Waals surface area contributed by atoms with Crippen LogP contribution >= 0.6 is 11.8 Å². The minimum absolute atomic E-state index is 0.399. The summed E-state index contributed by atoms with van der Waals surface area (Å²) in [5, 5.41) is 6.44. The van der Waals surface area contributed by atoms with Crippen molar-refractivity contribution in [1.82, 2.24) is 9.78 Å². The molecule has 18 heavy (non-hydrogen) atoms. The van der Waals surface area contributed by atoms with Crippen molar-refractivity contribution in [3.8, 4) is 0 Å². The zero-order valence-electron chi connectivity index (χ0n) is 11.9. The predicted octanol–water partition coefficient (Wildman–Crippen LogP) is 3.80. The Bertz CT molecular complexity index is 411. The molecule has 0 spiro atoms. The molecule has 2 unspecified atom stereocenters. The molecule has 1 aromatic heterocycles. The molecular formula is C14H25N3S. The molecule has 1 aromatic rings. The first-order valence-electron chi connectivity index (χ1n) is 6.98. The summed E-state index contributed by atoms with van der Waals surface area (Å²) in [7, 11) is 2.01. The molecule has 0 amide bonds. The van der Waals surface area contributed by atoms with Crippen LogP contribution in [0.4, 0.5) is 5.69 Å². The van der Waals surface area contributed by atoms with E-state index in [1.54, 1.807) is 0 Å². The molecule has 1 aliphatic carbocycles. The summed E-state index contributed by atoms with van der Waals surface area (Å²) in [6.45, 7) is 6.66. The highest BCUT2D eigenvalue weighted by atomic mass is 32.2. The van der Waals surface area contributed by atoms with Crippen LogP contribution in [-0.2, 0) is 7.05 Å². The summed E-state index contributed by atoms with van der Waals surface area (Å²) in [5.41, 5.74) is 8.20. The molecule has 4 heteroatoms. The lowest BCUT2D eigenvalue weighted by Gasteiger charge is -2.26. The first kappa shape index (κ1) is 13.8. The van der Waals surface area contributed by atoms with Crippen LogP contribution in [0.5, 0.6) is 0 Å². The van der Waals surface area contributed by atoms with Crippen LogP contribution in [-0.4, -0.2) is 15.0 Å². The van der Waals surface area contributed by atoms with Gasteiger partial charge in [0.1, 0.15) is 5.03 Å². The minimum atomic E-state index is 0.399. The van der Waals surface area contributed by atoms with Gasteiger partial charge in [0.05, 0.1) is 11.4 Å². The van der Waals surface area contributed by atoms with Gasteiger partial charge in [-0.05, 0) is 24.7 Å². The molecule has 2 N–H and O–H groups in total. The number of anilines is 1. The first-order chi connectivity index (χ1) is 8.49. The zero-order valence-corrected chi connectivity index (χ0v) is 12.8.